The van der Waals surface area contributed by atoms with Gasteiger partial charge < -0.3 is 14.4 Å². The summed E-state index contributed by atoms with van der Waals surface area (Å²) in [7, 11) is 3.12. The molecule has 0 spiro atoms. The van der Waals surface area contributed by atoms with Gasteiger partial charge in [0.1, 0.15) is 5.75 Å². The van der Waals surface area contributed by atoms with E-state index in [1.807, 2.05) is 24.3 Å². The van der Waals surface area contributed by atoms with Crippen LogP contribution in [0.3, 0.4) is 0 Å². The number of likely N-dealkylation sites (tertiary alicyclic amines) is 2. The summed E-state index contributed by atoms with van der Waals surface area (Å²) in [5.41, 5.74) is 0.916. The van der Waals surface area contributed by atoms with E-state index in [1.165, 1.54) is 7.11 Å². The maximum Gasteiger partial charge on any atom is 0.262 e. The number of hydrogen-bond donors (Lipinski definition) is 0. The van der Waals surface area contributed by atoms with Gasteiger partial charge in [0.2, 0.25) is 5.91 Å². The van der Waals surface area contributed by atoms with Gasteiger partial charge in [0.15, 0.2) is 0 Å². The SMILES string of the molecule is COC[C@@H]1CC(F)(F)CN1C1CN(C(=O)Cc2ccc(OC)cc2)C1. The van der Waals surface area contributed by atoms with E-state index in [0.717, 1.165) is 11.3 Å². The standard InChI is InChI=1S/C18H24F2N2O3/c1-24-11-14-8-18(19,20)12-22(14)15-9-21(10-15)17(23)7-13-3-5-16(25-2)6-4-13/h3-6,14-15H,7-12H2,1-2H3/t14-/m0/s1. The summed E-state index contributed by atoms with van der Waals surface area (Å²) in [6.07, 6.45) is 0.144. The first-order valence-electron chi connectivity index (χ1n) is 8.45. The van der Waals surface area contributed by atoms with Crippen molar-refractivity contribution in [3.05, 3.63) is 29.8 Å². The summed E-state index contributed by atoms with van der Waals surface area (Å²) < 4.78 is 37.6. The van der Waals surface area contributed by atoms with Crippen molar-refractivity contribution >= 4 is 5.91 Å². The lowest BCUT2D eigenvalue weighted by atomic mass is 10.0. The molecule has 2 saturated heterocycles. The smallest absolute Gasteiger partial charge is 0.262 e. The molecule has 2 fully saturated rings. The van der Waals surface area contributed by atoms with Crippen LogP contribution in [-0.2, 0) is 16.0 Å². The van der Waals surface area contributed by atoms with Crippen LogP contribution < -0.4 is 4.74 Å². The van der Waals surface area contributed by atoms with Gasteiger partial charge in [0.05, 0.1) is 26.7 Å². The molecule has 0 aromatic heterocycles. The van der Waals surface area contributed by atoms with Crippen molar-refractivity contribution < 1.29 is 23.0 Å². The predicted octanol–water partition coefficient (Wildman–Crippen LogP) is 1.80. The molecule has 3 rings (SSSR count). The van der Waals surface area contributed by atoms with Gasteiger partial charge >= 0.3 is 0 Å². The molecule has 1 aromatic carbocycles. The summed E-state index contributed by atoms with van der Waals surface area (Å²) >= 11 is 0. The van der Waals surface area contributed by atoms with E-state index < -0.39 is 5.92 Å². The first-order chi connectivity index (χ1) is 11.9. The zero-order valence-electron chi connectivity index (χ0n) is 14.6. The number of carbonyl (C=O) groups excluding carboxylic acids is 1. The molecule has 1 amide bonds. The third-order valence-electron chi connectivity index (χ3n) is 4.97. The Balaban J connectivity index is 1.51. The van der Waals surface area contributed by atoms with E-state index in [4.69, 9.17) is 9.47 Å². The Labute approximate surface area is 146 Å². The maximum absolute atomic E-state index is 13.7. The van der Waals surface area contributed by atoms with Crippen LogP contribution in [0.4, 0.5) is 8.78 Å². The van der Waals surface area contributed by atoms with Crippen LogP contribution in [0, 0.1) is 0 Å². The zero-order valence-corrected chi connectivity index (χ0v) is 14.6. The second kappa shape index (κ2) is 7.25. The summed E-state index contributed by atoms with van der Waals surface area (Å²) in [6, 6.07) is 7.09. The average molecular weight is 354 g/mol. The van der Waals surface area contributed by atoms with Crippen molar-refractivity contribution in [1.82, 2.24) is 9.80 Å². The molecule has 2 heterocycles. The highest BCUT2D eigenvalue weighted by Crippen LogP contribution is 2.35. The lowest BCUT2D eigenvalue weighted by molar-refractivity contribution is -0.138. The Bertz CT molecular complexity index is 603. The molecule has 0 saturated carbocycles. The number of alkyl halides is 2. The van der Waals surface area contributed by atoms with Crippen LogP contribution in [0.15, 0.2) is 24.3 Å². The van der Waals surface area contributed by atoms with Crippen LogP contribution in [0.25, 0.3) is 0 Å². The molecule has 0 radical (unpaired) electrons. The average Bonchev–Trinajstić information content (AvgIpc) is 2.81. The van der Waals surface area contributed by atoms with Crippen molar-refractivity contribution in [2.75, 3.05) is 40.5 Å². The number of ether oxygens (including phenoxy) is 2. The number of amides is 1. The number of hydrogen-bond acceptors (Lipinski definition) is 4. The molecule has 138 valence electrons. The largest absolute Gasteiger partial charge is 0.497 e. The van der Waals surface area contributed by atoms with Gasteiger partial charge in [0.25, 0.3) is 5.92 Å². The van der Waals surface area contributed by atoms with Crippen LogP contribution in [-0.4, -0.2) is 74.2 Å². The van der Waals surface area contributed by atoms with Crippen LogP contribution in [0.1, 0.15) is 12.0 Å². The lowest BCUT2D eigenvalue weighted by Crippen LogP contribution is -2.62. The first kappa shape index (κ1) is 18.1. The fraction of sp³-hybridized carbons (Fsp3) is 0.611. The van der Waals surface area contributed by atoms with Gasteiger partial charge in [-0.3, -0.25) is 9.69 Å². The fourth-order valence-corrected chi connectivity index (χ4v) is 3.60. The maximum atomic E-state index is 13.7. The van der Waals surface area contributed by atoms with Gasteiger partial charge in [-0.25, -0.2) is 8.78 Å². The monoisotopic (exact) mass is 354 g/mol. The number of rotatable bonds is 6. The van der Waals surface area contributed by atoms with Crippen LogP contribution >= 0.6 is 0 Å². The minimum Gasteiger partial charge on any atom is -0.497 e. The fourth-order valence-electron chi connectivity index (χ4n) is 3.60. The highest BCUT2D eigenvalue weighted by Gasteiger charge is 2.50. The third kappa shape index (κ3) is 4.10. The Morgan fingerprint density at radius 3 is 2.52 bits per heavy atom. The topological polar surface area (TPSA) is 42.0 Å². The normalized spacial score (nSPS) is 23.5. The molecule has 0 aliphatic carbocycles. The Hall–Kier alpha value is -1.73. The molecular formula is C18H24F2N2O3. The minimum absolute atomic E-state index is 0.00616. The molecule has 0 N–H and O–H groups in total. The van der Waals surface area contributed by atoms with E-state index in [0.29, 0.717) is 26.1 Å². The van der Waals surface area contributed by atoms with Gasteiger partial charge in [0, 0.05) is 38.7 Å². The van der Waals surface area contributed by atoms with E-state index in [1.54, 1.807) is 16.9 Å². The van der Waals surface area contributed by atoms with Gasteiger partial charge in [-0.05, 0) is 17.7 Å². The minimum atomic E-state index is -2.67. The van der Waals surface area contributed by atoms with Crippen molar-refractivity contribution in [2.24, 2.45) is 0 Å². The number of benzene rings is 1. The second-order valence-corrected chi connectivity index (χ2v) is 6.82. The highest BCUT2D eigenvalue weighted by molar-refractivity contribution is 5.79. The molecule has 2 aliphatic rings. The van der Waals surface area contributed by atoms with Crippen LogP contribution in [0.5, 0.6) is 5.75 Å². The summed E-state index contributed by atoms with van der Waals surface area (Å²) in [4.78, 5) is 15.9. The number of methoxy groups -OCH3 is 2. The van der Waals surface area contributed by atoms with Gasteiger partial charge in [-0.1, -0.05) is 12.1 Å². The quantitative estimate of drug-likeness (QED) is 0.781. The van der Waals surface area contributed by atoms with E-state index in [-0.39, 0.29) is 31.0 Å². The Morgan fingerprint density at radius 2 is 1.92 bits per heavy atom. The van der Waals surface area contributed by atoms with Gasteiger partial charge in [-0.15, -0.1) is 0 Å². The van der Waals surface area contributed by atoms with Crippen molar-refractivity contribution in [3.63, 3.8) is 0 Å². The van der Waals surface area contributed by atoms with Crippen LogP contribution in [0.2, 0.25) is 0 Å². The molecule has 1 atom stereocenters. The molecule has 7 heteroatoms. The lowest BCUT2D eigenvalue weighted by Gasteiger charge is -2.45. The van der Waals surface area contributed by atoms with Crippen molar-refractivity contribution in [1.29, 1.82) is 0 Å². The number of nitrogens with zero attached hydrogens (tertiary/aromatic N) is 2. The molecule has 0 bridgehead atoms. The molecule has 0 unspecified atom stereocenters. The molecular weight excluding hydrogens is 330 g/mol. The van der Waals surface area contributed by atoms with Gasteiger partial charge in [-0.2, -0.15) is 0 Å². The molecule has 2 aliphatic heterocycles. The molecule has 25 heavy (non-hydrogen) atoms. The van der Waals surface area contributed by atoms with E-state index in [9.17, 15) is 13.6 Å². The Kier molecular flexibility index (Phi) is 5.24. The first-order valence-corrected chi connectivity index (χ1v) is 8.45. The van der Waals surface area contributed by atoms with Crippen molar-refractivity contribution in [2.45, 2.75) is 30.8 Å². The summed E-state index contributed by atoms with van der Waals surface area (Å²) in [5, 5.41) is 0. The van der Waals surface area contributed by atoms with E-state index >= 15 is 0 Å². The summed E-state index contributed by atoms with van der Waals surface area (Å²) in [5.74, 6) is -1.90. The second-order valence-electron chi connectivity index (χ2n) is 6.82. The number of carbonyl (C=O) groups is 1. The number of halogens is 2. The zero-order chi connectivity index (χ0) is 18.0. The summed E-state index contributed by atoms with van der Waals surface area (Å²) in [6.45, 7) is 1.06. The molecule has 5 nitrogen and oxygen atoms in total. The highest BCUT2D eigenvalue weighted by atomic mass is 19.3. The van der Waals surface area contributed by atoms with E-state index in [2.05, 4.69) is 0 Å². The van der Waals surface area contributed by atoms with Crippen molar-refractivity contribution in [3.8, 4) is 5.75 Å². The molecule has 1 aromatic rings. The predicted molar refractivity (Wildman–Crippen MR) is 89.0 cm³/mol. The Morgan fingerprint density at radius 1 is 1.24 bits per heavy atom. The third-order valence-corrected chi connectivity index (χ3v) is 4.97.